The monoisotopic (exact) mass is 426 g/mol. The third kappa shape index (κ3) is 4.40. The average molecular weight is 426 g/mol. The number of rotatable bonds is 8. The van der Waals surface area contributed by atoms with Crippen LogP contribution in [0.5, 0.6) is 5.75 Å². The van der Waals surface area contributed by atoms with Crippen molar-refractivity contribution >= 4 is 22.1 Å². The van der Waals surface area contributed by atoms with Gasteiger partial charge in [0, 0.05) is 48.8 Å². The van der Waals surface area contributed by atoms with E-state index < -0.39 is 0 Å². The van der Waals surface area contributed by atoms with Crippen LogP contribution >= 0.6 is 0 Å². The third-order valence-corrected chi connectivity index (χ3v) is 5.12. The summed E-state index contributed by atoms with van der Waals surface area (Å²) in [6.07, 6.45) is 4.13. The van der Waals surface area contributed by atoms with Gasteiger partial charge < -0.3 is 9.47 Å². The largest absolute Gasteiger partial charge is 0.491 e. The molecular formula is C24H22N6O2. The van der Waals surface area contributed by atoms with Gasteiger partial charge in [0.1, 0.15) is 17.9 Å². The lowest BCUT2D eigenvalue weighted by Gasteiger charge is -2.07. The lowest BCUT2D eigenvalue weighted by molar-refractivity contribution is 0.146. The number of hydrogen-bond donors (Lipinski definition) is 0. The summed E-state index contributed by atoms with van der Waals surface area (Å²) in [4.78, 5) is 13.7. The van der Waals surface area contributed by atoms with Crippen molar-refractivity contribution in [2.24, 2.45) is 0 Å². The van der Waals surface area contributed by atoms with Crippen molar-refractivity contribution in [3.8, 4) is 5.75 Å². The van der Waals surface area contributed by atoms with Crippen molar-refractivity contribution in [3.63, 3.8) is 0 Å². The van der Waals surface area contributed by atoms with Crippen LogP contribution in [0.15, 0.2) is 67.0 Å². The fourth-order valence-corrected chi connectivity index (χ4v) is 3.57. The van der Waals surface area contributed by atoms with Gasteiger partial charge in [0.2, 0.25) is 0 Å². The van der Waals surface area contributed by atoms with E-state index in [-0.39, 0.29) is 0 Å². The van der Waals surface area contributed by atoms with Crippen LogP contribution in [0.4, 0.5) is 0 Å². The van der Waals surface area contributed by atoms with Gasteiger partial charge in [-0.05, 0) is 42.0 Å². The fraction of sp³-hybridized carbons (Fsp3) is 0.208. The van der Waals surface area contributed by atoms with Gasteiger partial charge in [0.15, 0.2) is 5.65 Å². The molecule has 0 fully saturated rings. The molecule has 0 aliphatic rings. The topological polar surface area (TPSA) is 87.8 Å². The molecule has 0 atom stereocenters. The molecule has 160 valence electrons. The predicted molar refractivity (Wildman–Crippen MR) is 121 cm³/mol. The molecule has 8 nitrogen and oxygen atoms in total. The first-order valence-corrected chi connectivity index (χ1v) is 10.4. The smallest absolute Gasteiger partial charge is 0.179 e. The Morgan fingerprint density at radius 2 is 1.81 bits per heavy atom. The molecule has 0 unspecified atom stereocenters. The van der Waals surface area contributed by atoms with E-state index in [0.29, 0.717) is 26.2 Å². The lowest BCUT2D eigenvalue weighted by Crippen LogP contribution is -2.05. The van der Waals surface area contributed by atoms with E-state index in [1.807, 2.05) is 41.1 Å². The van der Waals surface area contributed by atoms with Crippen molar-refractivity contribution in [3.05, 3.63) is 83.9 Å². The number of nitrogens with zero attached hydrogens (tertiary/aromatic N) is 6. The van der Waals surface area contributed by atoms with Crippen LogP contribution in [-0.4, -0.2) is 50.3 Å². The minimum absolute atomic E-state index is 0.500. The summed E-state index contributed by atoms with van der Waals surface area (Å²) >= 11 is 0. The van der Waals surface area contributed by atoms with E-state index in [1.54, 1.807) is 19.5 Å². The van der Waals surface area contributed by atoms with Gasteiger partial charge in [-0.15, -0.1) is 5.10 Å². The van der Waals surface area contributed by atoms with Crippen LogP contribution in [0.3, 0.4) is 0 Å². The number of aromatic nitrogens is 6. The van der Waals surface area contributed by atoms with Crippen LogP contribution in [0.25, 0.3) is 22.1 Å². The SMILES string of the molecule is COCCOc1ccnc(Cc2ccc3nnn(Cc4ccc5ncccc5c4)c3n2)c1. The van der Waals surface area contributed by atoms with Crippen molar-refractivity contribution in [1.82, 2.24) is 29.9 Å². The molecular weight excluding hydrogens is 404 g/mol. The minimum atomic E-state index is 0.500. The highest BCUT2D eigenvalue weighted by atomic mass is 16.5. The standard InChI is InChI=1S/C24H22N6O2/c1-31-11-12-32-21-8-10-25-20(15-21)14-19-5-7-23-24(27-19)30(29-28-23)16-17-4-6-22-18(13-17)3-2-9-26-22/h2-10,13,15H,11-12,14,16H2,1H3. The van der Waals surface area contributed by atoms with Crippen molar-refractivity contribution in [2.45, 2.75) is 13.0 Å². The third-order valence-electron chi connectivity index (χ3n) is 5.12. The maximum Gasteiger partial charge on any atom is 0.179 e. The highest BCUT2D eigenvalue weighted by Gasteiger charge is 2.10. The Kier molecular flexibility index (Phi) is 5.67. The first-order valence-electron chi connectivity index (χ1n) is 10.4. The average Bonchev–Trinajstić information content (AvgIpc) is 3.21. The second-order valence-electron chi connectivity index (χ2n) is 7.42. The number of pyridine rings is 3. The maximum absolute atomic E-state index is 5.68. The maximum atomic E-state index is 5.68. The lowest BCUT2D eigenvalue weighted by atomic mass is 10.1. The molecule has 4 heterocycles. The Bertz CT molecular complexity index is 1370. The summed E-state index contributed by atoms with van der Waals surface area (Å²) in [6, 6.07) is 17.9. The predicted octanol–water partition coefficient (Wildman–Crippen LogP) is 3.43. The summed E-state index contributed by atoms with van der Waals surface area (Å²) in [5.74, 6) is 0.769. The molecule has 0 bridgehead atoms. The molecule has 0 spiro atoms. The Morgan fingerprint density at radius 1 is 0.875 bits per heavy atom. The zero-order valence-corrected chi connectivity index (χ0v) is 17.7. The molecule has 5 aromatic rings. The molecule has 0 N–H and O–H groups in total. The molecule has 0 radical (unpaired) electrons. The van der Waals surface area contributed by atoms with Gasteiger partial charge in [-0.1, -0.05) is 17.3 Å². The van der Waals surface area contributed by atoms with Gasteiger partial charge in [0.25, 0.3) is 0 Å². The summed E-state index contributed by atoms with van der Waals surface area (Å²) in [5.41, 5.74) is 5.38. The summed E-state index contributed by atoms with van der Waals surface area (Å²) in [5, 5.41) is 9.69. The second-order valence-corrected chi connectivity index (χ2v) is 7.42. The summed E-state index contributed by atoms with van der Waals surface area (Å²) < 4.78 is 12.5. The van der Waals surface area contributed by atoms with Gasteiger partial charge >= 0.3 is 0 Å². The quantitative estimate of drug-likeness (QED) is 0.351. The fourth-order valence-electron chi connectivity index (χ4n) is 3.57. The summed E-state index contributed by atoms with van der Waals surface area (Å²) in [7, 11) is 1.65. The molecule has 0 aliphatic heterocycles. The van der Waals surface area contributed by atoms with Crippen LogP contribution < -0.4 is 4.74 Å². The van der Waals surface area contributed by atoms with Crippen LogP contribution in [-0.2, 0) is 17.7 Å². The number of benzene rings is 1. The van der Waals surface area contributed by atoms with Crippen molar-refractivity contribution < 1.29 is 9.47 Å². The van der Waals surface area contributed by atoms with Gasteiger partial charge in [0.05, 0.1) is 18.7 Å². The van der Waals surface area contributed by atoms with Crippen molar-refractivity contribution in [1.29, 1.82) is 0 Å². The van der Waals surface area contributed by atoms with Crippen LogP contribution in [0.2, 0.25) is 0 Å². The van der Waals surface area contributed by atoms with Gasteiger partial charge in [-0.2, -0.15) is 0 Å². The van der Waals surface area contributed by atoms with E-state index in [4.69, 9.17) is 14.5 Å². The first-order chi connectivity index (χ1) is 15.8. The van der Waals surface area contributed by atoms with E-state index >= 15 is 0 Å². The van der Waals surface area contributed by atoms with Crippen molar-refractivity contribution in [2.75, 3.05) is 20.3 Å². The molecule has 0 saturated carbocycles. The zero-order chi connectivity index (χ0) is 21.8. The Hall–Kier alpha value is -3.91. The normalized spacial score (nSPS) is 11.3. The van der Waals surface area contributed by atoms with Gasteiger partial charge in [-0.25, -0.2) is 9.67 Å². The molecule has 0 saturated heterocycles. The first kappa shape index (κ1) is 20.0. The molecule has 0 amide bonds. The number of hydrogen-bond acceptors (Lipinski definition) is 7. The molecule has 32 heavy (non-hydrogen) atoms. The molecule has 5 rings (SSSR count). The second kappa shape index (κ2) is 9.07. The van der Waals surface area contributed by atoms with Gasteiger partial charge in [-0.3, -0.25) is 9.97 Å². The number of ether oxygens (including phenoxy) is 2. The van der Waals surface area contributed by atoms with Crippen LogP contribution in [0, 0.1) is 0 Å². The van der Waals surface area contributed by atoms with E-state index in [0.717, 1.165) is 44.8 Å². The molecule has 1 aromatic carbocycles. The highest BCUT2D eigenvalue weighted by Crippen LogP contribution is 2.18. The van der Waals surface area contributed by atoms with E-state index in [1.165, 1.54) is 0 Å². The molecule has 4 aromatic heterocycles. The minimum Gasteiger partial charge on any atom is -0.491 e. The van der Waals surface area contributed by atoms with E-state index in [2.05, 4.69) is 38.5 Å². The van der Waals surface area contributed by atoms with E-state index in [9.17, 15) is 0 Å². The number of methoxy groups -OCH3 is 1. The Morgan fingerprint density at radius 3 is 2.75 bits per heavy atom. The Balaban J connectivity index is 1.37. The van der Waals surface area contributed by atoms with Crippen LogP contribution in [0.1, 0.15) is 17.0 Å². The Labute approximate surface area is 184 Å². The summed E-state index contributed by atoms with van der Waals surface area (Å²) in [6.45, 7) is 1.62. The zero-order valence-electron chi connectivity index (χ0n) is 17.7. The highest BCUT2D eigenvalue weighted by molar-refractivity contribution is 5.79. The number of fused-ring (bicyclic) bond motifs is 2. The molecule has 0 aliphatic carbocycles. The molecule has 8 heteroatoms.